The number of rotatable bonds is 8. The van der Waals surface area contributed by atoms with E-state index >= 15 is 0 Å². The molecule has 2 N–H and O–H groups in total. The number of anilines is 2. The third kappa shape index (κ3) is 7.94. The molecule has 1 saturated heterocycles. The quantitative estimate of drug-likeness (QED) is 0.193. The second kappa shape index (κ2) is 15.4. The van der Waals surface area contributed by atoms with Crippen molar-refractivity contribution in [2.75, 3.05) is 36.1 Å². The molecule has 3 heterocycles. The van der Waals surface area contributed by atoms with Crippen LogP contribution in [0.5, 0.6) is 0 Å². The van der Waals surface area contributed by atoms with Crippen LogP contribution in [-0.4, -0.2) is 60.4 Å². The highest BCUT2D eigenvalue weighted by Gasteiger charge is 2.45. The van der Waals surface area contributed by atoms with Gasteiger partial charge in [-0.2, -0.15) is 31.6 Å². The average Bonchev–Trinajstić information content (AvgIpc) is 3.10. The maximum absolute atomic E-state index is 14.1. The zero-order chi connectivity index (χ0) is 38.0. The molecule has 0 bridgehead atoms. The number of amides is 1. The van der Waals surface area contributed by atoms with Crippen molar-refractivity contribution >= 4 is 23.4 Å². The van der Waals surface area contributed by atoms with E-state index in [9.17, 15) is 41.2 Å². The summed E-state index contributed by atoms with van der Waals surface area (Å²) in [6.07, 6.45) is -7.89. The highest BCUT2D eigenvalue weighted by Crippen LogP contribution is 2.45. The zero-order valence-corrected chi connectivity index (χ0v) is 28.7. The van der Waals surface area contributed by atoms with Crippen molar-refractivity contribution in [3.63, 3.8) is 0 Å². The van der Waals surface area contributed by atoms with E-state index in [0.29, 0.717) is 38.0 Å². The van der Waals surface area contributed by atoms with Gasteiger partial charge in [-0.1, -0.05) is 6.92 Å². The van der Waals surface area contributed by atoms with Gasteiger partial charge in [0.1, 0.15) is 5.82 Å². The predicted molar refractivity (Wildman–Crippen MR) is 177 cm³/mol. The van der Waals surface area contributed by atoms with Crippen molar-refractivity contribution in [2.24, 2.45) is 11.7 Å². The number of fused-ring (bicyclic) bond motifs is 1. The van der Waals surface area contributed by atoms with Crippen molar-refractivity contribution in [1.82, 2.24) is 9.97 Å². The summed E-state index contributed by atoms with van der Waals surface area (Å²) < 4.78 is 94.2. The molecule has 1 fully saturated rings. The number of hydrogen-bond donors (Lipinski definition) is 1. The molecule has 0 saturated carbocycles. The number of alkyl halides is 6. The Balaban J connectivity index is 1.66. The molecule has 16 heteroatoms. The van der Waals surface area contributed by atoms with Crippen LogP contribution in [0.1, 0.15) is 85.3 Å². The Labute approximate surface area is 296 Å². The van der Waals surface area contributed by atoms with Gasteiger partial charge in [-0.15, -0.1) is 0 Å². The van der Waals surface area contributed by atoms with Crippen molar-refractivity contribution in [1.29, 1.82) is 5.26 Å². The van der Waals surface area contributed by atoms with Crippen LogP contribution in [-0.2, 0) is 33.0 Å². The number of benzene rings is 2. The molecular weight excluding hydrogens is 694 g/mol. The van der Waals surface area contributed by atoms with Crippen molar-refractivity contribution in [3.8, 4) is 6.07 Å². The fourth-order valence-corrected chi connectivity index (χ4v) is 6.97. The molecule has 3 aromatic rings. The van der Waals surface area contributed by atoms with Gasteiger partial charge >= 0.3 is 24.4 Å². The lowest BCUT2D eigenvalue weighted by molar-refractivity contribution is -0.148. The number of carbonyl (C=O) groups is 2. The summed E-state index contributed by atoms with van der Waals surface area (Å²) in [5.74, 6) is -1.75. The van der Waals surface area contributed by atoms with E-state index in [1.165, 1.54) is 23.2 Å². The molecular formula is C36H38F6N6O4. The largest absolute Gasteiger partial charge is 0.466 e. The highest BCUT2D eigenvalue weighted by molar-refractivity contribution is 5.91. The van der Waals surface area contributed by atoms with E-state index in [1.54, 1.807) is 26.8 Å². The Morgan fingerprint density at radius 1 is 0.942 bits per heavy atom. The lowest BCUT2D eigenvalue weighted by Crippen LogP contribution is -2.57. The Kier molecular flexibility index (Phi) is 11.3. The third-order valence-electron chi connectivity index (χ3n) is 9.41. The molecule has 1 amide bonds. The molecule has 0 spiro atoms. The molecule has 278 valence electrons. The van der Waals surface area contributed by atoms with Gasteiger partial charge in [0.25, 0.3) is 0 Å². The van der Waals surface area contributed by atoms with E-state index in [1.807, 2.05) is 4.90 Å². The van der Waals surface area contributed by atoms with Gasteiger partial charge in [-0.05, 0) is 80.6 Å². The van der Waals surface area contributed by atoms with Crippen LogP contribution in [0, 0.1) is 17.2 Å². The topological polar surface area (TPSA) is 135 Å². The number of piperidine rings is 1. The summed E-state index contributed by atoms with van der Waals surface area (Å²) in [5, 5.41) is 9.52. The number of nitriles is 1. The van der Waals surface area contributed by atoms with Crippen LogP contribution in [0.25, 0.3) is 0 Å². The SMILES string of the molecule is CCOC(=O)C1CCN(c2cnc(C3c4cc(C(F)(F)F)ccc4N(C(=O)OCC)C(CC)C3N)nc2Cc2cc(C#N)cc(C(F)(F)F)c2)CC1. The number of esters is 1. The Morgan fingerprint density at radius 2 is 1.62 bits per heavy atom. The third-order valence-corrected chi connectivity index (χ3v) is 9.41. The second-order valence-electron chi connectivity index (χ2n) is 12.6. The van der Waals surface area contributed by atoms with Crippen LogP contribution in [0.3, 0.4) is 0 Å². The number of aromatic nitrogens is 2. The maximum Gasteiger partial charge on any atom is 0.416 e. The smallest absolute Gasteiger partial charge is 0.416 e. The van der Waals surface area contributed by atoms with E-state index in [0.717, 1.165) is 24.3 Å². The van der Waals surface area contributed by atoms with E-state index in [2.05, 4.69) is 4.98 Å². The molecule has 5 rings (SSSR count). The van der Waals surface area contributed by atoms with E-state index in [4.69, 9.17) is 20.2 Å². The summed E-state index contributed by atoms with van der Waals surface area (Å²) in [6, 6.07) is 5.92. The molecule has 0 radical (unpaired) electrons. The Morgan fingerprint density at radius 3 is 2.21 bits per heavy atom. The number of nitrogens with two attached hydrogens (primary N) is 1. The predicted octanol–water partition coefficient (Wildman–Crippen LogP) is 6.97. The van der Waals surface area contributed by atoms with Gasteiger partial charge in [-0.3, -0.25) is 9.69 Å². The number of hydrogen-bond acceptors (Lipinski definition) is 9. The number of ether oxygens (including phenoxy) is 2. The minimum atomic E-state index is -4.75. The van der Waals surface area contributed by atoms with Crippen LogP contribution < -0.4 is 15.5 Å². The fourth-order valence-electron chi connectivity index (χ4n) is 6.97. The summed E-state index contributed by atoms with van der Waals surface area (Å²) in [7, 11) is 0. The van der Waals surface area contributed by atoms with Crippen molar-refractivity contribution in [3.05, 3.63) is 81.9 Å². The molecule has 3 atom stereocenters. The van der Waals surface area contributed by atoms with Gasteiger partial charge < -0.3 is 20.1 Å². The fraction of sp³-hybridized carbons (Fsp3) is 0.472. The summed E-state index contributed by atoms with van der Waals surface area (Å²) >= 11 is 0. The lowest BCUT2D eigenvalue weighted by atomic mass is 9.79. The average molecular weight is 733 g/mol. The van der Waals surface area contributed by atoms with E-state index < -0.39 is 47.6 Å². The molecule has 2 aliphatic rings. The molecule has 10 nitrogen and oxygen atoms in total. The van der Waals surface area contributed by atoms with Crippen molar-refractivity contribution in [2.45, 2.75) is 76.8 Å². The molecule has 52 heavy (non-hydrogen) atoms. The normalized spacial score (nSPS) is 19.5. The minimum Gasteiger partial charge on any atom is -0.466 e. The number of carbonyl (C=O) groups excluding carboxylic acids is 2. The van der Waals surface area contributed by atoms with E-state index in [-0.39, 0.29) is 65.4 Å². The number of halogens is 6. The van der Waals surface area contributed by atoms with Crippen LogP contribution >= 0.6 is 0 Å². The van der Waals surface area contributed by atoms with Crippen molar-refractivity contribution < 1.29 is 45.4 Å². The maximum atomic E-state index is 14.1. The Hall–Kier alpha value is -4.91. The summed E-state index contributed by atoms with van der Waals surface area (Å²) in [4.78, 5) is 38.1. The molecule has 3 unspecified atom stereocenters. The minimum absolute atomic E-state index is 0.00248. The first-order chi connectivity index (χ1) is 24.6. The first-order valence-electron chi connectivity index (χ1n) is 16.9. The molecule has 1 aromatic heterocycles. The first-order valence-corrected chi connectivity index (χ1v) is 16.9. The monoisotopic (exact) mass is 732 g/mol. The summed E-state index contributed by atoms with van der Waals surface area (Å²) in [5.41, 5.74) is 5.52. The first kappa shape index (κ1) is 38.3. The summed E-state index contributed by atoms with van der Waals surface area (Å²) in [6.45, 7) is 6.03. The van der Waals surface area contributed by atoms with Crippen LogP contribution in [0.4, 0.5) is 42.5 Å². The molecule has 2 aromatic carbocycles. The van der Waals surface area contributed by atoms with Gasteiger partial charge in [0, 0.05) is 25.6 Å². The molecule has 2 aliphatic heterocycles. The van der Waals surface area contributed by atoms with Crippen LogP contribution in [0.2, 0.25) is 0 Å². The van der Waals surface area contributed by atoms with Gasteiger partial charge in [0.2, 0.25) is 0 Å². The van der Waals surface area contributed by atoms with Gasteiger partial charge in [0.15, 0.2) is 0 Å². The molecule has 0 aliphatic carbocycles. The standard InChI is InChI=1S/C36H38F6N6O4/c1-4-27-31(44)30(25-17-23(35(37,38)39)7-8-28(25)48(27)34(50)52-6-3)32-45-19-29(47-11-9-22(10-12-47)33(49)51-5-2)26(46-32)16-20-13-21(18-43)15-24(14-20)36(40,41)42/h7-8,13-15,17,19,22,27,30-31H,4-6,9-12,16,44H2,1-3H3. The number of nitrogens with zero attached hydrogens (tertiary/aromatic N) is 5. The van der Waals surface area contributed by atoms with Gasteiger partial charge in [-0.25, -0.2) is 14.8 Å². The van der Waals surface area contributed by atoms with Gasteiger partial charge in [0.05, 0.1) is 77.1 Å². The Bertz CT molecular complexity index is 1840. The zero-order valence-electron chi connectivity index (χ0n) is 28.7. The second-order valence-corrected chi connectivity index (χ2v) is 12.6. The highest BCUT2D eigenvalue weighted by atomic mass is 19.4. The van der Waals surface area contributed by atoms with Crippen LogP contribution in [0.15, 0.2) is 42.6 Å². The lowest BCUT2D eigenvalue weighted by Gasteiger charge is -2.44.